The van der Waals surface area contributed by atoms with Gasteiger partial charge in [0, 0.05) is 29.2 Å². The van der Waals surface area contributed by atoms with E-state index < -0.39 is 0 Å². The van der Waals surface area contributed by atoms with Crippen molar-refractivity contribution in [2.24, 2.45) is 0 Å². The lowest BCUT2D eigenvalue weighted by atomic mass is 10.1. The number of rotatable bonds is 7. The highest BCUT2D eigenvalue weighted by molar-refractivity contribution is 6.30. The molecule has 0 spiro atoms. The van der Waals surface area contributed by atoms with Crippen LogP contribution < -0.4 is 5.32 Å². The van der Waals surface area contributed by atoms with Gasteiger partial charge in [0.15, 0.2) is 0 Å². The molecule has 20 heavy (non-hydrogen) atoms. The minimum atomic E-state index is -0.290. The highest BCUT2D eigenvalue weighted by atomic mass is 35.5. The summed E-state index contributed by atoms with van der Waals surface area (Å²) >= 11 is 6.01. The number of hydrogen-bond acceptors (Lipinski definition) is 3. The SMILES string of the molecule is CCCC(O)CNCc1cn[nH]c1-c1cccc(Cl)c1. The summed E-state index contributed by atoms with van der Waals surface area (Å²) in [6.07, 6.45) is 3.32. The molecule has 3 N–H and O–H groups in total. The standard InChI is InChI=1S/C15H20ClN3O/c1-2-4-14(20)10-17-8-12-9-18-19-15(12)11-5-3-6-13(16)7-11/h3,5-7,9,14,17,20H,2,4,8,10H2,1H3,(H,18,19). The Morgan fingerprint density at radius 3 is 3.05 bits per heavy atom. The first-order valence-corrected chi connectivity index (χ1v) is 7.25. The maximum absolute atomic E-state index is 9.70. The zero-order valence-corrected chi connectivity index (χ0v) is 12.3. The van der Waals surface area contributed by atoms with E-state index in [1.165, 1.54) is 0 Å². The van der Waals surface area contributed by atoms with Crippen molar-refractivity contribution in [2.45, 2.75) is 32.4 Å². The van der Waals surface area contributed by atoms with E-state index in [9.17, 15) is 5.11 Å². The second-order valence-corrected chi connectivity index (χ2v) is 5.29. The molecule has 2 rings (SSSR count). The van der Waals surface area contributed by atoms with Crippen LogP contribution in [0, 0.1) is 0 Å². The highest BCUT2D eigenvalue weighted by Gasteiger charge is 2.09. The third-order valence-electron chi connectivity index (χ3n) is 3.15. The van der Waals surface area contributed by atoms with E-state index >= 15 is 0 Å². The van der Waals surface area contributed by atoms with Crippen molar-refractivity contribution in [3.63, 3.8) is 0 Å². The number of aromatic amines is 1. The second-order valence-electron chi connectivity index (χ2n) is 4.85. The van der Waals surface area contributed by atoms with Crippen LogP contribution in [-0.4, -0.2) is 28.0 Å². The van der Waals surface area contributed by atoms with Gasteiger partial charge in [0.2, 0.25) is 0 Å². The lowest BCUT2D eigenvalue weighted by molar-refractivity contribution is 0.160. The van der Waals surface area contributed by atoms with E-state index in [2.05, 4.69) is 22.4 Å². The van der Waals surface area contributed by atoms with Crippen LogP contribution in [0.3, 0.4) is 0 Å². The Morgan fingerprint density at radius 1 is 1.45 bits per heavy atom. The molecule has 1 aromatic heterocycles. The first kappa shape index (κ1) is 15.0. The lowest BCUT2D eigenvalue weighted by Gasteiger charge is -2.10. The number of aromatic nitrogens is 2. The number of aliphatic hydroxyl groups excluding tert-OH is 1. The molecule has 2 aromatic rings. The van der Waals surface area contributed by atoms with Gasteiger partial charge in [-0.2, -0.15) is 5.10 Å². The number of nitrogens with zero attached hydrogens (tertiary/aromatic N) is 1. The smallest absolute Gasteiger partial charge is 0.0695 e. The predicted molar refractivity (Wildman–Crippen MR) is 81.7 cm³/mol. The lowest BCUT2D eigenvalue weighted by Crippen LogP contribution is -2.26. The number of benzene rings is 1. The monoisotopic (exact) mass is 293 g/mol. The fourth-order valence-corrected chi connectivity index (χ4v) is 2.34. The Labute approximate surface area is 124 Å². The van der Waals surface area contributed by atoms with Crippen LogP contribution in [-0.2, 0) is 6.54 Å². The van der Waals surface area contributed by atoms with Crippen molar-refractivity contribution in [1.29, 1.82) is 0 Å². The van der Waals surface area contributed by atoms with Crippen molar-refractivity contribution < 1.29 is 5.11 Å². The normalized spacial score (nSPS) is 12.6. The minimum absolute atomic E-state index is 0.290. The average molecular weight is 294 g/mol. The summed E-state index contributed by atoms with van der Waals surface area (Å²) in [6.45, 7) is 3.32. The molecule has 0 aliphatic heterocycles. The molecule has 1 aromatic carbocycles. The largest absolute Gasteiger partial charge is 0.392 e. The topological polar surface area (TPSA) is 60.9 Å². The minimum Gasteiger partial charge on any atom is -0.392 e. The molecule has 5 heteroatoms. The number of H-pyrrole nitrogens is 1. The Hall–Kier alpha value is -1.36. The number of nitrogens with one attached hydrogen (secondary N) is 2. The van der Waals surface area contributed by atoms with E-state index in [-0.39, 0.29) is 6.10 Å². The van der Waals surface area contributed by atoms with Crippen LogP contribution in [0.1, 0.15) is 25.3 Å². The molecular formula is C15H20ClN3O. The summed E-state index contributed by atoms with van der Waals surface area (Å²) in [5.74, 6) is 0. The summed E-state index contributed by atoms with van der Waals surface area (Å²) in [7, 11) is 0. The molecule has 0 bridgehead atoms. The van der Waals surface area contributed by atoms with Crippen LogP contribution in [0.5, 0.6) is 0 Å². The van der Waals surface area contributed by atoms with Gasteiger partial charge in [-0.05, 0) is 18.6 Å². The van der Waals surface area contributed by atoms with E-state index in [1.807, 2.05) is 24.3 Å². The average Bonchev–Trinajstić information content (AvgIpc) is 2.87. The molecule has 0 saturated carbocycles. The Balaban J connectivity index is 1.99. The van der Waals surface area contributed by atoms with Crippen molar-refractivity contribution in [3.8, 4) is 11.3 Å². The molecule has 0 radical (unpaired) electrons. The third kappa shape index (κ3) is 4.07. The molecule has 1 heterocycles. The fourth-order valence-electron chi connectivity index (χ4n) is 2.15. The zero-order chi connectivity index (χ0) is 14.4. The van der Waals surface area contributed by atoms with Crippen LogP contribution in [0.2, 0.25) is 5.02 Å². The molecule has 0 fully saturated rings. The highest BCUT2D eigenvalue weighted by Crippen LogP contribution is 2.23. The van der Waals surface area contributed by atoms with Crippen LogP contribution in [0.4, 0.5) is 0 Å². The van der Waals surface area contributed by atoms with Crippen molar-refractivity contribution >= 4 is 11.6 Å². The molecular weight excluding hydrogens is 274 g/mol. The van der Waals surface area contributed by atoms with E-state index in [0.717, 1.165) is 29.7 Å². The van der Waals surface area contributed by atoms with Gasteiger partial charge in [0.1, 0.15) is 0 Å². The number of aliphatic hydroxyl groups is 1. The second kappa shape index (κ2) is 7.43. The fraction of sp³-hybridized carbons (Fsp3) is 0.400. The summed E-state index contributed by atoms with van der Waals surface area (Å²) < 4.78 is 0. The van der Waals surface area contributed by atoms with Gasteiger partial charge in [-0.1, -0.05) is 37.1 Å². The van der Waals surface area contributed by atoms with Crippen LogP contribution in [0.15, 0.2) is 30.5 Å². The van der Waals surface area contributed by atoms with E-state index in [1.54, 1.807) is 6.20 Å². The summed E-state index contributed by atoms with van der Waals surface area (Å²) in [5, 5.41) is 20.7. The van der Waals surface area contributed by atoms with Gasteiger partial charge in [-0.15, -0.1) is 0 Å². The molecule has 4 nitrogen and oxygen atoms in total. The van der Waals surface area contributed by atoms with Crippen molar-refractivity contribution in [1.82, 2.24) is 15.5 Å². The first-order chi connectivity index (χ1) is 9.70. The van der Waals surface area contributed by atoms with Crippen LogP contribution in [0.25, 0.3) is 11.3 Å². The van der Waals surface area contributed by atoms with E-state index in [0.29, 0.717) is 18.1 Å². The van der Waals surface area contributed by atoms with Crippen molar-refractivity contribution in [3.05, 3.63) is 41.0 Å². The maximum atomic E-state index is 9.70. The Kier molecular flexibility index (Phi) is 5.59. The van der Waals surface area contributed by atoms with Gasteiger partial charge in [0.25, 0.3) is 0 Å². The molecule has 0 saturated heterocycles. The Morgan fingerprint density at radius 2 is 2.30 bits per heavy atom. The zero-order valence-electron chi connectivity index (χ0n) is 11.6. The summed E-state index contributed by atoms with van der Waals surface area (Å²) in [6, 6.07) is 7.67. The number of halogens is 1. The Bertz CT molecular complexity index is 541. The molecule has 1 atom stereocenters. The first-order valence-electron chi connectivity index (χ1n) is 6.87. The molecule has 1 unspecified atom stereocenters. The molecule has 0 aliphatic carbocycles. The maximum Gasteiger partial charge on any atom is 0.0695 e. The van der Waals surface area contributed by atoms with E-state index in [4.69, 9.17) is 11.6 Å². The van der Waals surface area contributed by atoms with Crippen molar-refractivity contribution in [2.75, 3.05) is 6.54 Å². The summed E-state index contributed by atoms with van der Waals surface area (Å²) in [4.78, 5) is 0. The van der Waals surface area contributed by atoms with Gasteiger partial charge < -0.3 is 10.4 Å². The quantitative estimate of drug-likeness (QED) is 0.735. The molecule has 0 aliphatic rings. The predicted octanol–water partition coefficient (Wildman–Crippen LogP) is 2.98. The van der Waals surface area contributed by atoms with Gasteiger partial charge in [-0.25, -0.2) is 0 Å². The summed E-state index contributed by atoms with van der Waals surface area (Å²) in [5.41, 5.74) is 3.04. The van der Waals surface area contributed by atoms with Gasteiger partial charge in [0.05, 0.1) is 18.0 Å². The van der Waals surface area contributed by atoms with Crippen LogP contribution >= 0.6 is 11.6 Å². The molecule has 0 amide bonds. The number of hydrogen-bond donors (Lipinski definition) is 3. The molecule has 108 valence electrons. The third-order valence-corrected chi connectivity index (χ3v) is 3.38. The van der Waals surface area contributed by atoms with Gasteiger partial charge in [-0.3, -0.25) is 5.10 Å². The van der Waals surface area contributed by atoms with Gasteiger partial charge >= 0.3 is 0 Å².